The molecule has 0 bridgehead atoms. The van der Waals surface area contributed by atoms with Crippen molar-refractivity contribution in [3.63, 3.8) is 0 Å². The maximum Gasteiger partial charge on any atom is 0.182 e. The van der Waals surface area contributed by atoms with Crippen LogP contribution >= 0.6 is 11.6 Å². The number of rotatable bonds is 7. The van der Waals surface area contributed by atoms with Gasteiger partial charge in [-0.15, -0.1) is 0 Å². The van der Waals surface area contributed by atoms with E-state index in [9.17, 15) is 8.42 Å². The average Bonchev–Trinajstić information content (AvgIpc) is 3.31. The predicted octanol–water partition coefficient (Wildman–Crippen LogP) is 3.26. The van der Waals surface area contributed by atoms with Crippen LogP contribution in [0.2, 0.25) is 5.02 Å². The van der Waals surface area contributed by atoms with Crippen LogP contribution in [-0.2, 0) is 14.6 Å². The van der Waals surface area contributed by atoms with Gasteiger partial charge in [0, 0.05) is 29.5 Å². The smallest absolute Gasteiger partial charge is 0.182 e. The van der Waals surface area contributed by atoms with E-state index < -0.39 is 20.5 Å². The minimum absolute atomic E-state index is 0.202. The minimum atomic E-state index is -3.52. The summed E-state index contributed by atoms with van der Waals surface area (Å²) >= 11 is 5.98. The molecule has 0 aromatic heterocycles. The average molecular weight is 380 g/mol. The van der Waals surface area contributed by atoms with E-state index >= 15 is 0 Å². The number of halogens is 1. The fourth-order valence-electron chi connectivity index (χ4n) is 3.64. The summed E-state index contributed by atoms with van der Waals surface area (Å²) in [5.41, 5.74) is 6.38. The zero-order valence-electron chi connectivity index (χ0n) is 14.1. The fraction of sp³-hybridized carbons (Fsp3) is 0.368. The zero-order valence-corrected chi connectivity index (χ0v) is 15.6. The van der Waals surface area contributed by atoms with Crippen LogP contribution in [0.5, 0.6) is 0 Å². The molecule has 6 heteroatoms. The van der Waals surface area contributed by atoms with E-state index in [-0.39, 0.29) is 12.5 Å². The lowest BCUT2D eigenvalue weighted by molar-refractivity contribution is 0.101. The van der Waals surface area contributed by atoms with Crippen molar-refractivity contribution in [1.82, 2.24) is 0 Å². The summed E-state index contributed by atoms with van der Waals surface area (Å²) < 4.78 is 32.1. The molecule has 0 heterocycles. The highest BCUT2D eigenvalue weighted by molar-refractivity contribution is 7.92. The van der Waals surface area contributed by atoms with Gasteiger partial charge in [-0.1, -0.05) is 41.9 Å². The van der Waals surface area contributed by atoms with Crippen LogP contribution in [0.4, 0.5) is 0 Å². The molecule has 1 saturated carbocycles. The Kier molecular flexibility index (Phi) is 5.21. The molecule has 1 aliphatic carbocycles. The fourth-order valence-corrected chi connectivity index (χ4v) is 6.23. The van der Waals surface area contributed by atoms with Crippen LogP contribution in [0, 0.1) is 5.41 Å². The van der Waals surface area contributed by atoms with Crippen LogP contribution in [0.1, 0.15) is 18.4 Å². The maximum atomic E-state index is 13.2. The molecular weight excluding hydrogens is 358 g/mol. The molecule has 4 nitrogen and oxygen atoms in total. The first-order chi connectivity index (χ1) is 12.0. The molecule has 2 aromatic carbocycles. The first-order valence-corrected chi connectivity index (χ1v) is 10.2. The van der Waals surface area contributed by atoms with Crippen LogP contribution in [0.3, 0.4) is 0 Å². The first-order valence-electron chi connectivity index (χ1n) is 8.29. The molecule has 1 fully saturated rings. The third kappa shape index (κ3) is 3.22. The Labute approximate surface area is 153 Å². The molecule has 2 aromatic rings. The number of benzene rings is 2. The van der Waals surface area contributed by atoms with Crippen molar-refractivity contribution < 1.29 is 13.2 Å². The number of nitrogens with two attached hydrogens (primary N) is 1. The largest absolute Gasteiger partial charge is 0.381 e. The van der Waals surface area contributed by atoms with E-state index in [1.165, 1.54) is 0 Å². The molecule has 0 radical (unpaired) electrons. The quantitative estimate of drug-likeness (QED) is 0.801. The lowest BCUT2D eigenvalue weighted by atomic mass is 10.00. The molecule has 0 aliphatic heterocycles. The maximum absolute atomic E-state index is 13.2. The highest BCUT2D eigenvalue weighted by Gasteiger charge is 2.70. The number of ether oxygens (including phenoxy) is 1. The van der Waals surface area contributed by atoms with Gasteiger partial charge >= 0.3 is 0 Å². The van der Waals surface area contributed by atoms with Gasteiger partial charge in [-0.25, -0.2) is 8.42 Å². The summed E-state index contributed by atoms with van der Waals surface area (Å²) in [6, 6.07) is 15.9. The standard InChI is InChI=1S/C19H22ClNO3S/c1-2-24-13-19(12-21)17(14-8-10-15(20)11-9-14)18(19)25(22,23)16-6-4-3-5-7-16/h3-11,17-18H,2,12-13,21H2,1H3/t17-,18-,19+/m0/s1. The van der Waals surface area contributed by atoms with E-state index in [4.69, 9.17) is 22.1 Å². The predicted molar refractivity (Wildman–Crippen MR) is 99.6 cm³/mol. The lowest BCUT2D eigenvalue weighted by Gasteiger charge is -2.16. The molecule has 0 unspecified atom stereocenters. The van der Waals surface area contributed by atoms with Crippen LogP contribution < -0.4 is 5.73 Å². The summed E-state index contributed by atoms with van der Waals surface area (Å²) in [6.07, 6.45) is 0. The van der Waals surface area contributed by atoms with E-state index in [1.807, 2.05) is 19.1 Å². The van der Waals surface area contributed by atoms with Crippen molar-refractivity contribution >= 4 is 21.4 Å². The van der Waals surface area contributed by atoms with Gasteiger partial charge < -0.3 is 10.5 Å². The second-order valence-electron chi connectivity index (χ2n) is 6.38. The number of hydrogen-bond donors (Lipinski definition) is 1. The van der Waals surface area contributed by atoms with Gasteiger partial charge in [0.2, 0.25) is 0 Å². The first kappa shape index (κ1) is 18.4. The topological polar surface area (TPSA) is 69.4 Å². The molecular formula is C19H22ClNO3S. The van der Waals surface area contributed by atoms with Gasteiger partial charge in [-0.05, 0) is 36.8 Å². The molecule has 3 rings (SSSR count). The normalized spacial score (nSPS) is 25.7. The van der Waals surface area contributed by atoms with E-state index in [0.717, 1.165) is 5.56 Å². The van der Waals surface area contributed by atoms with Crippen LogP contribution in [0.15, 0.2) is 59.5 Å². The summed E-state index contributed by atoms with van der Waals surface area (Å²) in [7, 11) is -3.52. The summed E-state index contributed by atoms with van der Waals surface area (Å²) in [6.45, 7) is 2.98. The van der Waals surface area contributed by atoms with Gasteiger partial charge in [0.25, 0.3) is 0 Å². The molecule has 2 N–H and O–H groups in total. The van der Waals surface area contributed by atoms with Gasteiger partial charge in [0.1, 0.15) is 0 Å². The zero-order chi connectivity index (χ0) is 18.1. The van der Waals surface area contributed by atoms with Crippen molar-refractivity contribution in [1.29, 1.82) is 0 Å². The summed E-state index contributed by atoms with van der Waals surface area (Å²) in [5, 5.41) is 0.0233. The molecule has 0 amide bonds. The Bertz CT molecular complexity index is 824. The third-order valence-electron chi connectivity index (χ3n) is 4.97. The molecule has 3 atom stereocenters. The van der Waals surface area contributed by atoms with Crippen molar-refractivity contribution in [3.8, 4) is 0 Å². The highest BCUT2D eigenvalue weighted by atomic mass is 35.5. The van der Waals surface area contributed by atoms with Crippen molar-refractivity contribution in [2.24, 2.45) is 11.1 Å². The molecule has 1 aliphatic rings. The number of hydrogen-bond acceptors (Lipinski definition) is 4. The summed E-state index contributed by atoms with van der Waals surface area (Å²) in [5.74, 6) is -0.202. The van der Waals surface area contributed by atoms with E-state index in [2.05, 4.69) is 0 Å². The van der Waals surface area contributed by atoms with Crippen LogP contribution in [0.25, 0.3) is 0 Å². The van der Waals surface area contributed by atoms with Gasteiger partial charge in [0.15, 0.2) is 9.84 Å². The van der Waals surface area contributed by atoms with Gasteiger partial charge in [-0.3, -0.25) is 0 Å². The Morgan fingerprint density at radius 1 is 1.12 bits per heavy atom. The Hall–Kier alpha value is -1.40. The summed E-state index contributed by atoms with van der Waals surface area (Å²) in [4.78, 5) is 0.325. The van der Waals surface area contributed by atoms with Crippen molar-refractivity contribution in [2.75, 3.05) is 19.8 Å². The number of sulfone groups is 1. The Morgan fingerprint density at radius 2 is 1.76 bits per heavy atom. The Balaban J connectivity index is 2.04. The molecule has 134 valence electrons. The van der Waals surface area contributed by atoms with Crippen molar-refractivity contribution in [3.05, 3.63) is 65.2 Å². The van der Waals surface area contributed by atoms with Gasteiger partial charge in [-0.2, -0.15) is 0 Å². The monoisotopic (exact) mass is 379 g/mol. The second kappa shape index (κ2) is 7.08. The minimum Gasteiger partial charge on any atom is -0.381 e. The lowest BCUT2D eigenvalue weighted by Crippen LogP contribution is -2.29. The third-order valence-corrected chi connectivity index (χ3v) is 7.56. The molecule has 0 spiro atoms. The SMILES string of the molecule is CCOC[C@]1(CN)[C@@H](c2ccc(Cl)cc2)[C@@H]1S(=O)(=O)c1ccccc1. The van der Waals surface area contributed by atoms with E-state index in [0.29, 0.717) is 23.1 Å². The molecule has 0 saturated heterocycles. The van der Waals surface area contributed by atoms with Gasteiger partial charge in [0.05, 0.1) is 16.8 Å². The van der Waals surface area contributed by atoms with E-state index in [1.54, 1.807) is 42.5 Å². The highest BCUT2D eigenvalue weighted by Crippen LogP contribution is 2.63. The molecule has 25 heavy (non-hydrogen) atoms. The second-order valence-corrected chi connectivity index (χ2v) is 8.89. The Morgan fingerprint density at radius 3 is 2.32 bits per heavy atom. The van der Waals surface area contributed by atoms with Crippen molar-refractivity contribution in [2.45, 2.75) is 23.0 Å². The van der Waals surface area contributed by atoms with Crippen LogP contribution in [-0.4, -0.2) is 33.4 Å².